The van der Waals surface area contributed by atoms with Crippen LogP contribution in [0, 0.1) is 11.8 Å². The van der Waals surface area contributed by atoms with Crippen molar-refractivity contribution in [3.63, 3.8) is 0 Å². The van der Waals surface area contributed by atoms with Gasteiger partial charge >= 0.3 is 0 Å². The Labute approximate surface area is 111 Å². The fourth-order valence-electron chi connectivity index (χ4n) is 4.48. The number of hydrogen-bond donors (Lipinski definition) is 1. The van der Waals surface area contributed by atoms with Crippen LogP contribution in [-0.2, 0) is 4.79 Å². The van der Waals surface area contributed by atoms with E-state index in [1.807, 2.05) is 0 Å². The van der Waals surface area contributed by atoms with Crippen LogP contribution in [0.15, 0.2) is 0 Å². The monoisotopic (exact) mass is 252 g/mol. The largest absolute Gasteiger partial charge is 0.333 e. The van der Waals surface area contributed by atoms with E-state index >= 15 is 0 Å². The number of nitrogens with zero attached hydrogens (tertiary/aromatic N) is 1. The fourth-order valence-corrected chi connectivity index (χ4v) is 4.48. The van der Waals surface area contributed by atoms with Crippen LogP contribution in [0.5, 0.6) is 0 Å². The van der Waals surface area contributed by atoms with E-state index in [-0.39, 0.29) is 17.1 Å². The SMILES string of the molecule is CC(C)N1C(=O)CCNC2(C)C(C)CC(C)C12C. The zero-order valence-corrected chi connectivity index (χ0v) is 12.7. The lowest BCUT2D eigenvalue weighted by Crippen LogP contribution is -2.68. The van der Waals surface area contributed by atoms with Gasteiger partial charge in [-0.2, -0.15) is 0 Å². The first kappa shape index (κ1) is 13.9. The Balaban J connectivity index is 2.54. The molecule has 4 atom stereocenters. The van der Waals surface area contributed by atoms with Gasteiger partial charge in [-0.25, -0.2) is 0 Å². The van der Waals surface area contributed by atoms with E-state index in [2.05, 4.69) is 51.8 Å². The summed E-state index contributed by atoms with van der Waals surface area (Å²) in [5.74, 6) is 1.45. The zero-order chi connectivity index (χ0) is 13.7. The van der Waals surface area contributed by atoms with Crippen LogP contribution in [0.2, 0.25) is 0 Å². The lowest BCUT2D eigenvalue weighted by molar-refractivity contribution is -0.142. The minimum atomic E-state index is -0.0752. The molecule has 104 valence electrons. The van der Waals surface area contributed by atoms with Gasteiger partial charge in [0.15, 0.2) is 0 Å². The van der Waals surface area contributed by atoms with E-state index in [1.54, 1.807) is 0 Å². The molecule has 18 heavy (non-hydrogen) atoms. The molecule has 3 nitrogen and oxygen atoms in total. The molecule has 0 bridgehead atoms. The second-order valence-electron chi connectivity index (χ2n) is 6.92. The fraction of sp³-hybridized carbons (Fsp3) is 0.933. The molecule has 0 aromatic heterocycles. The first-order valence-electron chi connectivity index (χ1n) is 7.32. The number of carbonyl (C=O) groups excluding carboxylic acids is 1. The summed E-state index contributed by atoms with van der Waals surface area (Å²) in [6.45, 7) is 14.3. The number of nitrogens with one attached hydrogen (secondary N) is 1. The first-order valence-corrected chi connectivity index (χ1v) is 7.32. The Kier molecular flexibility index (Phi) is 3.25. The normalized spacial score (nSPS) is 45.3. The van der Waals surface area contributed by atoms with Crippen LogP contribution in [0.25, 0.3) is 0 Å². The molecule has 1 aliphatic heterocycles. The van der Waals surface area contributed by atoms with Crippen molar-refractivity contribution >= 4 is 5.91 Å². The van der Waals surface area contributed by atoms with Crippen molar-refractivity contribution in [1.82, 2.24) is 10.2 Å². The topological polar surface area (TPSA) is 32.3 Å². The van der Waals surface area contributed by atoms with Gasteiger partial charge in [-0.3, -0.25) is 4.79 Å². The van der Waals surface area contributed by atoms with Crippen LogP contribution in [0.4, 0.5) is 0 Å². The molecule has 1 aliphatic carbocycles. The summed E-state index contributed by atoms with van der Waals surface area (Å²) in [4.78, 5) is 14.7. The average molecular weight is 252 g/mol. The van der Waals surface area contributed by atoms with E-state index in [0.717, 1.165) is 6.54 Å². The lowest BCUT2D eigenvalue weighted by atomic mass is 9.74. The molecule has 2 fully saturated rings. The molecular weight excluding hydrogens is 224 g/mol. The molecule has 0 spiro atoms. The van der Waals surface area contributed by atoms with Gasteiger partial charge in [-0.15, -0.1) is 0 Å². The van der Waals surface area contributed by atoms with E-state index in [4.69, 9.17) is 0 Å². The maximum Gasteiger partial charge on any atom is 0.224 e. The summed E-state index contributed by atoms with van der Waals surface area (Å²) in [7, 11) is 0. The third kappa shape index (κ3) is 1.56. The van der Waals surface area contributed by atoms with E-state index in [9.17, 15) is 4.79 Å². The van der Waals surface area contributed by atoms with Gasteiger partial charge in [0.05, 0.1) is 5.54 Å². The van der Waals surface area contributed by atoms with Gasteiger partial charge in [0.1, 0.15) is 0 Å². The van der Waals surface area contributed by atoms with Crippen molar-refractivity contribution in [3.8, 4) is 0 Å². The second-order valence-corrected chi connectivity index (χ2v) is 6.92. The van der Waals surface area contributed by atoms with Crippen LogP contribution >= 0.6 is 0 Å². The molecule has 2 aliphatic rings. The summed E-state index contributed by atoms with van der Waals surface area (Å²) in [6, 6.07) is 0.273. The minimum absolute atomic E-state index is 0.0306. The standard InChI is InChI=1S/C15H28N2O/c1-10(2)17-13(18)7-8-16-14(5)11(3)9-12(4)15(14,17)6/h10-12,16H,7-9H2,1-6H3. The van der Waals surface area contributed by atoms with Gasteiger partial charge in [-0.05, 0) is 46.0 Å². The first-order chi connectivity index (χ1) is 8.25. The maximum absolute atomic E-state index is 12.5. The third-order valence-corrected chi connectivity index (χ3v) is 5.82. The van der Waals surface area contributed by atoms with E-state index in [0.29, 0.717) is 24.2 Å². The molecule has 0 aromatic rings. The highest BCUT2D eigenvalue weighted by Gasteiger charge is 2.61. The Bertz CT molecular complexity index is 354. The highest BCUT2D eigenvalue weighted by Crippen LogP contribution is 2.52. The van der Waals surface area contributed by atoms with Crippen molar-refractivity contribution in [2.45, 2.75) is 71.5 Å². The molecule has 1 N–H and O–H groups in total. The van der Waals surface area contributed by atoms with Crippen LogP contribution < -0.4 is 5.32 Å². The van der Waals surface area contributed by atoms with Crippen molar-refractivity contribution < 1.29 is 4.79 Å². The molecule has 2 rings (SSSR count). The summed E-state index contributed by atoms with van der Waals surface area (Å²) >= 11 is 0. The van der Waals surface area contributed by atoms with Crippen LogP contribution in [-0.4, -0.2) is 34.5 Å². The molecule has 1 amide bonds. The maximum atomic E-state index is 12.5. The number of rotatable bonds is 1. The van der Waals surface area contributed by atoms with Gasteiger partial charge in [0.2, 0.25) is 5.91 Å². The summed E-state index contributed by atoms with van der Waals surface area (Å²) in [5.41, 5.74) is -0.0446. The second kappa shape index (κ2) is 4.22. The molecule has 0 aromatic carbocycles. The molecule has 1 saturated heterocycles. The predicted molar refractivity (Wildman–Crippen MR) is 74.4 cm³/mol. The molecule has 0 radical (unpaired) electrons. The van der Waals surface area contributed by atoms with Crippen molar-refractivity contribution in [2.24, 2.45) is 11.8 Å². The molecule has 1 heterocycles. The highest BCUT2D eigenvalue weighted by molar-refractivity contribution is 5.78. The number of carbonyl (C=O) groups is 1. The van der Waals surface area contributed by atoms with Gasteiger partial charge in [0.25, 0.3) is 0 Å². The zero-order valence-electron chi connectivity index (χ0n) is 12.7. The van der Waals surface area contributed by atoms with Crippen molar-refractivity contribution in [1.29, 1.82) is 0 Å². The molecule has 4 unspecified atom stereocenters. The van der Waals surface area contributed by atoms with Gasteiger partial charge in [0, 0.05) is 24.5 Å². The van der Waals surface area contributed by atoms with Gasteiger partial charge < -0.3 is 10.2 Å². The highest BCUT2D eigenvalue weighted by atomic mass is 16.2. The number of amides is 1. The molecule has 1 saturated carbocycles. The third-order valence-electron chi connectivity index (χ3n) is 5.82. The van der Waals surface area contributed by atoms with Gasteiger partial charge in [-0.1, -0.05) is 13.8 Å². The minimum Gasteiger partial charge on any atom is -0.333 e. The summed E-state index contributed by atoms with van der Waals surface area (Å²) in [5, 5.41) is 3.69. The smallest absolute Gasteiger partial charge is 0.224 e. The van der Waals surface area contributed by atoms with E-state index in [1.165, 1.54) is 6.42 Å². The van der Waals surface area contributed by atoms with Crippen LogP contribution in [0.1, 0.15) is 54.4 Å². The molecule has 3 heteroatoms. The Morgan fingerprint density at radius 2 is 1.89 bits per heavy atom. The van der Waals surface area contributed by atoms with Crippen molar-refractivity contribution in [3.05, 3.63) is 0 Å². The Hall–Kier alpha value is -0.570. The molecular formula is C15H28N2O. The Morgan fingerprint density at radius 3 is 2.44 bits per heavy atom. The predicted octanol–water partition coefficient (Wildman–Crippen LogP) is 2.41. The lowest BCUT2D eigenvalue weighted by Gasteiger charge is -2.52. The van der Waals surface area contributed by atoms with E-state index < -0.39 is 0 Å². The number of fused-ring (bicyclic) bond motifs is 1. The van der Waals surface area contributed by atoms with Crippen molar-refractivity contribution in [2.75, 3.05) is 6.54 Å². The Morgan fingerprint density at radius 1 is 1.28 bits per heavy atom. The average Bonchev–Trinajstić information content (AvgIpc) is 2.37. The quantitative estimate of drug-likeness (QED) is 0.777. The summed E-state index contributed by atoms with van der Waals surface area (Å²) in [6.07, 6.45) is 1.82. The number of hydrogen-bond acceptors (Lipinski definition) is 2. The summed E-state index contributed by atoms with van der Waals surface area (Å²) < 4.78 is 0. The van der Waals surface area contributed by atoms with Crippen LogP contribution in [0.3, 0.4) is 0 Å².